The van der Waals surface area contributed by atoms with E-state index in [2.05, 4.69) is 13.0 Å². The highest BCUT2D eigenvalue weighted by Crippen LogP contribution is 2.32. The number of hydrogen-bond acceptors (Lipinski definition) is 3. The van der Waals surface area contributed by atoms with E-state index in [0.717, 1.165) is 4.88 Å². The van der Waals surface area contributed by atoms with Gasteiger partial charge in [0.05, 0.1) is 23.5 Å². The van der Waals surface area contributed by atoms with Crippen LogP contribution >= 0.6 is 22.9 Å². The minimum absolute atomic E-state index is 0.0492. The van der Waals surface area contributed by atoms with Crippen molar-refractivity contribution >= 4 is 22.9 Å². The normalized spacial score (nSPS) is 28.2. The van der Waals surface area contributed by atoms with E-state index in [9.17, 15) is 0 Å². The number of thiophene rings is 1. The molecule has 1 aliphatic heterocycles. The number of halogens is 1. The van der Waals surface area contributed by atoms with Gasteiger partial charge in [-0.3, -0.25) is 0 Å². The second kappa shape index (κ2) is 3.96. The molecule has 0 aromatic carbocycles. The van der Waals surface area contributed by atoms with Crippen LogP contribution in [0, 0.1) is 6.92 Å². The highest BCUT2D eigenvalue weighted by molar-refractivity contribution is 7.10. The van der Waals surface area contributed by atoms with Gasteiger partial charge in [0.2, 0.25) is 0 Å². The summed E-state index contributed by atoms with van der Waals surface area (Å²) in [5, 5.41) is 2.05. The van der Waals surface area contributed by atoms with Gasteiger partial charge < -0.3 is 9.47 Å². The summed E-state index contributed by atoms with van der Waals surface area (Å²) in [6, 6.07) is 2.07. The lowest BCUT2D eigenvalue weighted by molar-refractivity contribution is -0.0544. The van der Waals surface area contributed by atoms with Crippen molar-refractivity contribution < 1.29 is 9.47 Å². The highest BCUT2D eigenvalue weighted by Gasteiger charge is 2.28. The van der Waals surface area contributed by atoms with Crippen molar-refractivity contribution in [3.05, 3.63) is 21.9 Å². The van der Waals surface area contributed by atoms with Crippen LogP contribution in [0.2, 0.25) is 0 Å². The summed E-state index contributed by atoms with van der Waals surface area (Å²) in [5.74, 6) is 0.501. The SMILES string of the molecule is Cc1ccsc1[C@@H]1OC[C@@H](CCl)O1. The summed E-state index contributed by atoms with van der Waals surface area (Å²) in [4.78, 5) is 1.16. The molecule has 1 fully saturated rings. The molecule has 0 aliphatic carbocycles. The van der Waals surface area contributed by atoms with Crippen LogP contribution in [-0.2, 0) is 9.47 Å². The molecule has 1 aliphatic rings. The first-order chi connectivity index (χ1) is 6.31. The first-order valence-electron chi connectivity index (χ1n) is 4.18. The summed E-state index contributed by atoms with van der Waals surface area (Å²) in [6.45, 7) is 2.66. The van der Waals surface area contributed by atoms with E-state index in [-0.39, 0.29) is 12.4 Å². The van der Waals surface area contributed by atoms with Crippen LogP contribution in [0.4, 0.5) is 0 Å². The standard InChI is InChI=1S/C9H11ClO2S/c1-6-2-3-13-8(6)9-11-5-7(4-10)12-9/h2-3,7,9H,4-5H2,1H3/t7-,9-/m1/s1. The van der Waals surface area contributed by atoms with Gasteiger partial charge in [0.25, 0.3) is 0 Å². The number of ether oxygens (including phenoxy) is 2. The molecule has 72 valence electrons. The molecular formula is C9H11ClO2S. The largest absolute Gasteiger partial charge is 0.345 e. The summed E-state index contributed by atoms with van der Waals surface area (Å²) in [5.41, 5.74) is 1.23. The molecule has 0 bridgehead atoms. The van der Waals surface area contributed by atoms with Crippen molar-refractivity contribution in [2.75, 3.05) is 12.5 Å². The van der Waals surface area contributed by atoms with E-state index in [1.807, 2.05) is 5.38 Å². The lowest BCUT2D eigenvalue weighted by Gasteiger charge is -2.08. The van der Waals surface area contributed by atoms with Crippen molar-refractivity contribution in [3.63, 3.8) is 0 Å². The first-order valence-corrected chi connectivity index (χ1v) is 5.59. The van der Waals surface area contributed by atoms with Gasteiger partial charge in [-0.1, -0.05) is 0 Å². The number of alkyl halides is 1. The Morgan fingerprint density at radius 2 is 2.54 bits per heavy atom. The summed E-state index contributed by atoms with van der Waals surface area (Å²) in [6.07, 6.45) is -0.142. The molecular weight excluding hydrogens is 208 g/mol. The molecule has 2 atom stereocenters. The summed E-state index contributed by atoms with van der Waals surface area (Å²) in [7, 11) is 0. The average molecular weight is 219 g/mol. The Hall–Kier alpha value is -0.0900. The minimum Gasteiger partial charge on any atom is -0.345 e. The van der Waals surface area contributed by atoms with Crippen molar-refractivity contribution in [2.24, 2.45) is 0 Å². The molecule has 1 aromatic heterocycles. The van der Waals surface area contributed by atoms with Gasteiger partial charge in [-0.15, -0.1) is 22.9 Å². The van der Waals surface area contributed by atoms with E-state index in [1.165, 1.54) is 5.56 Å². The molecule has 0 N–H and O–H groups in total. The Balaban J connectivity index is 2.08. The van der Waals surface area contributed by atoms with Gasteiger partial charge in [0, 0.05) is 0 Å². The van der Waals surface area contributed by atoms with E-state index in [0.29, 0.717) is 12.5 Å². The lowest BCUT2D eigenvalue weighted by Crippen LogP contribution is -2.10. The molecule has 0 radical (unpaired) electrons. The van der Waals surface area contributed by atoms with Crippen LogP contribution in [0.15, 0.2) is 11.4 Å². The number of rotatable bonds is 2. The molecule has 1 aromatic rings. The smallest absolute Gasteiger partial charge is 0.193 e. The fourth-order valence-electron chi connectivity index (χ4n) is 1.29. The number of aryl methyl sites for hydroxylation is 1. The lowest BCUT2D eigenvalue weighted by atomic mass is 10.3. The third kappa shape index (κ3) is 1.89. The minimum atomic E-state index is -0.191. The Morgan fingerprint density at radius 1 is 1.69 bits per heavy atom. The predicted octanol–water partition coefficient (Wildman–Crippen LogP) is 2.71. The van der Waals surface area contributed by atoms with Gasteiger partial charge in [0.1, 0.15) is 0 Å². The van der Waals surface area contributed by atoms with Crippen LogP contribution in [0.1, 0.15) is 16.7 Å². The molecule has 0 amide bonds. The van der Waals surface area contributed by atoms with Crippen LogP contribution < -0.4 is 0 Å². The molecule has 0 saturated carbocycles. The molecule has 13 heavy (non-hydrogen) atoms. The summed E-state index contributed by atoms with van der Waals surface area (Å²) >= 11 is 7.34. The quantitative estimate of drug-likeness (QED) is 0.711. The molecule has 2 rings (SSSR count). The fraction of sp³-hybridized carbons (Fsp3) is 0.556. The van der Waals surface area contributed by atoms with Gasteiger partial charge in [-0.2, -0.15) is 0 Å². The number of hydrogen-bond donors (Lipinski definition) is 0. The molecule has 0 unspecified atom stereocenters. The van der Waals surface area contributed by atoms with Gasteiger partial charge in [0.15, 0.2) is 6.29 Å². The highest BCUT2D eigenvalue weighted by atomic mass is 35.5. The second-order valence-electron chi connectivity index (χ2n) is 3.05. The van der Waals surface area contributed by atoms with Gasteiger partial charge >= 0.3 is 0 Å². The predicted molar refractivity (Wildman–Crippen MR) is 53.3 cm³/mol. The van der Waals surface area contributed by atoms with Crippen LogP contribution in [0.5, 0.6) is 0 Å². The Labute approximate surface area is 86.4 Å². The topological polar surface area (TPSA) is 18.5 Å². The van der Waals surface area contributed by atoms with E-state index < -0.39 is 0 Å². The molecule has 4 heteroatoms. The van der Waals surface area contributed by atoms with Crippen molar-refractivity contribution in [1.29, 1.82) is 0 Å². The van der Waals surface area contributed by atoms with Gasteiger partial charge in [-0.05, 0) is 23.9 Å². The zero-order valence-corrected chi connectivity index (χ0v) is 8.90. The monoisotopic (exact) mass is 218 g/mol. The Bertz CT molecular complexity index is 287. The van der Waals surface area contributed by atoms with Crippen molar-refractivity contribution in [1.82, 2.24) is 0 Å². The molecule has 0 spiro atoms. The molecule has 1 saturated heterocycles. The second-order valence-corrected chi connectivity index (χ2v) is 4.30. The third-order valence-electron chi connectivity index (χ3n) is 2.04. The van der Waals surface area contributed by atoms with Gasteiger partial charge in [-0.25, -0.2) is 0 Å². The van der Waals surface area contributed by atoms with Crippen LogP contribution in [0.3, 0.4) is 0 Å². The zero-order chi connectivity index (χ0) is 9.26. The molecule has 2 heterocycles. The van der Waals surface area contributed by atoms with E-state index in [4.69, 9.17) is 21.1 Å². The summed E-state index contributed by atoms with van der Waals surface area (Å²) < 4.78 is 11.1. The Kier molecular flexibility index (Phi) is 2.89. The van der Waals surface area contributed by atoms with Crippen LogP contribution in [-0.4, -0.2) is 18.6 Å². The zero-order valence-electron chi connectivity index (χ0n) is 7.33. The van der Waals surface area contributed by atoms with E-state index >= 15 is 0 Å². The maximum atomic E-state index is 5.67. The van der Waals surface area contributed by atoms with Crippen molar-refractivity contribution in [3.8, 4) is 0 Å². The average Bonchev–Trinajstić information content (AvgIpc) is 2.71. The van der Waals surface area contributed by atoms with Crippen molar-refractivity contribution in [2.45, 2.75) is 19.3 Å². The van der Waals surface area contributed by atoms with Crippen LogP contribution in [0.25, 0.3) is 0 Å². The third-order valence-corrected chi connectivity index (χ3v) is 3.42. The first kappa shape index (κ1) is 9.46. The molecule has 2 nitrogen and oxygen atoms in total. The Morgan fingerprint density at radius 3 is 3.08 bits per heavy atom. The maximum absolute atomic E-state index is 5.67. The maximum Gasteiger partial charge on any atom is 0.193 e. The van der Waals surface area contributed by atoms with E-state index in [1.54, 1.807) is 11.3 Å². The fourth-order valence-corrected chi connectivity index (χ4v) is 2.36.